The summed E-state index contributed by atoms with van der Waals surface area (Å²) >= 11 is 0. The Morgan fingerprint density at radius 2 is 2.12 bits per heavy atom. The standard InChI is InChI=1S/C10H13N3O2.2ClH/c14-10(9-7-12-5-6-15-9)13-8-1-3-11-4-2-8;;/h1-4,9,12H,5-7H2,(H,11,13,14);2*1H. The van der Waals surface area contributed by atoms with E-state index in [0.29, 0.717) is 13.2 Å². The number of morpholine rings is 1. The molecule has 0 aromatic carbocycles. The smallest absolute Gasteiger partial charge is 0.254 e. The van der Waals surface area contributed by atoms with Gasteiger partial charge in [-0.25, -0.2) is 0 Å². The number of hydrogen-bond donors (Lipinski definition) is 2. The van der Waals surface area contributed by atoms with Crippen LogP contribution in [0.2, 0.25) is 0 Å². The number of aromatic nitrogens is 1. The molecule has 2 rings (SSSR count). The highest BCUT2D eigenvalue weighted by atomic mass is 35.5. The third-order valence-electron chi connectivity index (χ3n) is 2.17. The minimum absolute atomic E-state index is 0. The minimum Gasteiger partial charge on any atom is -0.366 e. The first-order chi connectivity index (χ1) is 7.36. The van der Waals surface area contributed by atoms with E-state index in [1.165, 1.54) is 0 Å². The van der Waals surface area contributed by atoms with Crippen LogP contribution < -0.4 is 10.6 Å². The van der Waals surface area contributed by atoms with Gasteiger partial charge in [-0.3, -0.25) is 9.78 Å². The average Bonchev–Trinajstić information content (AvgIpc) is 2.31. The maximum absolute atomic E-state index is 11.7. The summed E-state index contributed by atoms with van der Waals surface area (Å²) in [5.74, 6) is -0.117. The van der Waals surface area contributed by atoms with E-state index in [2.05, 4.69) is 15.6 Å². The Hall–Kier alpha value is -0.880. The van der Waals surface area contributed by atoms with Crippen molar-refractivity contribution in [1.82, 2.24) is 10.3 Å². The average molecular weight is 280 g/mol. The first-order valence-corrected chi connectivity index (χ1v) is 4.89. The number of rotatable bonds is 2. The Labute approximate surface area is 112 Å². The maximum atomic E-state index is 11.7. The van der Waals surface area contributed by atoms with Crippen LogP contribution in [0.15, 0.2) is 24.5 Å². The van der Waals surface area contributed by atoms with Crippen molar-refractivity contribution in [3.8, 4) is 0 Å². The number of carbonyl (C=O) groups is 1. The van der Waals surface area contributed by atoms with E-state index >= 15 is 0 Å². The van der Waals surface area contributed by atoms with Crippen LogP contribution in [0.5, 0.6) is 0 Å². The van der Waals surface area contributed by atoms with Gasteiger partial charge in [0.05, 0.1) is 6.61 Å². The molecule has 0 aliphatic carbocycles. The molecular weight excluding hydrogens is 265 g/mol. The summed E-state index contributed by atoms with van der Waals surface area (Å²) in [7, 11) is 0. The second-order valence-electron chi connectivity index (χ2n) is 3.29. The zero-order valence-electron chi connectivity index (χ0n) is 9.09. The SMILES string of the molecule is Cl.Cl.O=C(Nc1ccncc1)C1CNCCO1. The van der Waals surface area contributed by atoms with E-state index in [1.807, 2.05) is 0 Å². The van der Waals surface area contributed by atoms with Crippen LogP contribution in [-0.4, -0.2) is 36.7 Å². The molecule has 2 heterocycles. The molecule has 2 N–H and O–H groups in total. The largest absolute Gasteiger partial charge is 0.366 e. The number of ether oxygens (including phenoxy) is 1. The molecule has 0 spiro atoms. The second kappa shape index (κ2) is 8.25. The van der Waals surface area contributed by atoms with Crippen molar-refractivity contribution in [1.29, 1.82) is 0 Å². The molecule has 5 nitrogen and oxygen atoms in total. The molecule has 1 aliphatic heterocycles. The fourth-order valence-electron chi connectivity index (χ4n) is 1.39. The van der Waals surface area contributed by atoms with Crippen LogP contribution in [-0.2, 0) is 9.53 Å². The summed E-state index contributed by atoms with van der Waals surface area (Å²) in [6, 6.07) is 3.49. The molecule has 0 bridgehead atoms. The Morgan fingerprint density at radius 1 is 1.41 bits per heavy atom. The molecule has 1 amide bonds. The molecule has 1 aromatic heterocycles. The first-order valence-electron chi connectivity index (χ1n) is 4.89. The molecule has 17 heavy (non-hydrogen) atoms. The second-order valence-corrected chi connectivity index (χ2v) is 3.29. The van der Waals surface area contributed by atoms with Gasteiger partial charge in [0.1, 0.15) is 6.10 Å². The van der Waals surface area contributed by atoms with Gasteiger partial charge in [-0.15, -0.1) is 24.8 Å². The number of nitrogens with zero attached hydrogens (tertiary/aromatic N) is 1. The van der Waals surface area contributed by atoms with Crippen molar-refractivity contribution >= 4 is 36.4 Å². The van der Waals surface area contributed by atoms with E-state index in [-0.39, 0.29) is 30.7 Å². The molecule has 1 atom stereocenters. The van der Waals surface area contributed by atoms with Crippen LogP contribution >= 0.6 is 24.8 Å². The normalized spacial score (nSPS) is 18.5. The lowest BCUT2D eigenvalue weighted by atomic mass is 10.3. The maximum Gasteiger partial charge on any atom is 0.254 e. The number of hydrogen-bond acceptors (Lipinski definition) is 4. The van der Waals surface area contributed by atoms with Crippen LogP contribution in [0.1, 0.15) is 0 Å². The fourth-order valence-corrected chi connectivity index (χ4v) is 1.39. The number of halogens is 2. The van der Waals surface area contributed by atoms with E-state index in [4.69, 9.17) is 4.74 Å². The lowest BCUT2D eigenvalue weighted by molar-refractivity contribution is -0.128. The molecule has 0 radical (unpaired) electrons. The summed E-state index contributed by atoms with van der Waals surface area (Å²) in [5, 5.41) is 5.87. The van der Waals surface area contributed by atoms with Crippen molar-refractivity contribution in [2.75, 3.05) is 25.0 Å². The molecule has 1 fully saturated rings. The van der Waals surface area contributed by atoms with Crippen LogP contribution in [0.3, 0.4) is 0 Å². The zero-order valence-corrected chi connectivity index (χ0v) is 10.7. The molecule has 1 aromatic rings. The van der Waals surface area contributed by atoms with E-state index < -0.39 is 6.10 Å². The van der Waals surface area contributed by atoms with E-state index in [0.717, 1.165) is 12.2 Å². The zero-order chi connectivity index (χ0) is 10.5. The monoisotopic (exact) mass is 279 g/mol. The minimum atomic E-state index is -0.396. The fraction of sp³-hybridized carbons (Fsp3) is 0.400. The predicted octanol–water partition coefficient (Wildman–Crippen LogP) is 0.852. The number of nitrogens with one attached hydrogen (secondary N) is 2. The quantitative estimate of drug-likeness (QED) is 0.843. The lowest BCUT2D eigenvalue weighted by Gasteiger charge is -2.22. The van der Waals surface area contributed by atoms with Gasteiger partial charge in [0.2, 0.25) is 0 Å². The van der Waals surface area contributed by atoms with Crippen LogP contribution in [0, 0.1) is 0 Å². The van der Waals surface area contributed by atoms with Gasteiger partial charge in [0, 0.05) is 31.2 Å². The van der Waals surface area contributed by atoms with E-state index in [9.17, 15) is 4.79 Å². The first kappa shape index (κ1) is 16.1. The Bertz CT molecular complexity index is 332. The van der Waals surface area contributed by atoms with Crippen molar-refractivity contribution in [2.24, 2.45) is 0 Å². The highest BCUT2D eigenvalue weighted by Gasteiger charge is 2.21. The molecule has 0 saturated carbocycles. The number of carbonyl (C=O) groups excluding carboxylic acids is 1. The molecule has 1 aliphatic rings. The third-order valence-corrected chi connectivity index (χ3v) is 2.17. The molecule has 1 saturated heterocycles. The number of amides is 1. The van der Waals surface area contributed by atoms with E-state index in [1.54, 1.807) is 24.5 Å². The topological polar surface area (TPSA) is 63.2 Å². The highest BCUT2D eigenvalue weighted by Crippen LogP contribution is 2.05. The summed E-state index contributed by atoms with van der Waals surface area (Å²) in [5.41, 5.74) is 0.740. The molecule has 7 heteroatoms. The molecular formula is C10H15Cl2N3O2. The van der Waals surface area contributed by atoms with Gasteiger partial charge < -0.3 is 15.4 Å². The number of anilines is 1. The van der Waals surface area contributed by atoms with Crippen molar-refractivity contribution in [3.63, 3.8) is 0 Å². The van der Waals surface area contributed by atoms with Gasteiger partial charge in [-0.1, -0.05) is 0 Å². The van der Waals surface area contributed by atoms with Gasteiger partial charge in [-0.05, 0) is 12.1 Å². The molecule has 1 unspecified atom stereocenters. The third kappa shape index (κ3) is 4.87. The Morgan fingerprint density at radius 3 is 2.71 bits per heavy atom. The van der Waals surface area contributed by atoms with Gasteiger partial charge >= 0.3 is 0 Å². The number of pyridine rings is 1. The van der Waals surface area contributed by atoms with Crippen LogP contribution in [0.25, 0.3) is 0 Å². The summed E-state index contributed by atoms with van der Waals surface area (Å²) in [6.07, 6.45) is 2.87. The van der Waals surface area contributed by atoms with Crippen molar-refractivity contribution in [3.05, 3.63) is 24.5 Å². The lowest BCUT2D eigenvalue weighted by Crippen LogP contribution is -2.45. The highest BCUT2D eigenvalue weighted by molar-refractivity contribution is 5.94. The summed E-state index contributed by atoms with van der Waals surface area (Å²) in [4.78, 5) is 15.5. The Balaban J connectivity index is 0.00000128. The van der Waals surface area contributed by atoms with Gasteiger partial charge in [0.15, 0.2) is 0 Å². The molecule has 96 valence electrons. The summed E-state index contributed by atoms with van der Waals surface area (Å²) < 4.78 is 5.32. The van der Waals surface area contributed by atoms with Gasteiger partial charge in [-0.2, -0.15) is 0 Å². The van der Waals surface area contributed by atoms with Crippen molar-refractivity contribution in [2.45, 2.75) is 6.10 Å². The predicted molar refractivity (Wildman–Crippen MR) is 70.0 cm³/mol. The van der Waals surface area contributed by atoms with Crippen LogP contribution in [0.4, 0.5) is 5.69 Å². The Kier molecular flexibility index (Phi) is 7.82. The summed E-state index contributed by atoms with van der Waals surface area (Å²) in [6.45, 7) is 1.95. The van der Waals surface area contributed by atoms with Crippen molar-refractivity contribution < 1.29 is 9.53 Å². The van der Waals surface area contributed by atoms with Gasteiger partial charge in [0.25, 0.3) is 5.91 Å².